The first-order valence-corrected chi connectivity index (χ1v) is 5.20. The van der Waals surface area contributed by atoms with Gasteiger partial charge in [-0.05, 0) is 0 Å². The van der Waals surface area contributed by atoms with Crippen molar-refractivity contribution in [2.45, 2.75) is 30.6 Å². The average molecular weight is 256 g/mol. The Balaban J connectivity index is 2.67. The molecule has 0 saturated carbocycles. The smallest absolute Gasteiger partial charge is 0.235 e. The SMILES string of the molecule is O=C(CCl)N[C@H]1C(O)[C@H](O)[C@@H](CO)O[C@H]1O. The Bertz CT molecular complexity index is 253. The van der Waals surface area contributed by atoms with E-state index in [1.165, 1.54) is 0 Å². The van der Waals surface area contributed by atoms with Crippen LogP contribution >= 0.6 is 11.6 Å². The maximum Gasteiger partial charge on any atom is 0.235 e. The van der Waals surface area contributed by atoms with Crippen molar-refractivity contribution >= 4 is 17.5 Å². The summed E-state index contributed by atoms with van der Waals surface area (Å²) in [5.41, 5.74) is 0. The summed E-state index contributed by atoms with van der Waals surface area (Å²) < 4.78 is 4.81. The van der Waals surface area contributed by atoms with E-state index in [2.05, 4.69) is 5.32 Å². The third-order valence-corrected chi connectivity index (χ3v) is 2.59. The summed E-state index contributed by atoms with van der Waals surface area (Å²) in [6, 6.07) is -1.18. The van der Waals surface area contributed by atoms with Gasteiger partial charge in [-0.3, -0.25) is 4.79 Å². The Kier molecular flexibility index (Phi) is 4.90. The van der Waals surface area contributed by atoms with Crippen LogP contribution in [-0.4, -0.2) is 69.5 Å². The topological polar surface area (TPSA) is 119 Å². The molecular formula is C8H14ClNO6. The molecule has 16 heavy (non-hydrogen) atoms. The standard InChI is InChI=1S/C8H14ClNO6/c9-1-4(12)10-5-7(14)6(13)3(2-11)16-8(5)15/h3,5-8,11,13-15H,1-2H2,(H,10,12)/t3-,5+,6-,7?,8-/m1/s1. The van der Waals surface area contributed by atoms with E-state index in [-0.39, 0.29) is 5.88 Å². The Labute approximate surface area is 96.6 Å². The summed E-state index contributed by atoms with van der Waals surface area (Å²) in [6.07, 6.45) is -5.43. The highest BCUT2D eigenvalue weighted by molar-refractivity contribution is 6.27. The number of alkyl halides is 1. The predicted octanol–water partition coefficient (Wildman–Crippen LogP) is -2.86. The van der Waals surface area contributed by atoms with Crippen LogP contribution in [0.25, 0.3) is 0 Å². The minimum absolute atomic E-state index is 0.338. The van der Waals surface area contributed by atoms with Crippen molar-refractivity contribution in [2.24, 2.45) is 0 Å². The zero-order valence-corrected chi connectivity index (χ0v) is 9.04. The van der Waals surface area contributed by atoms with Crippen LogP contribution in [0.15, 0.2) is 0 Å². The van der Waals surface area contributed by atoms with E-state index < -0.39 is 43.2 Å². The van der Waals surface area contributed by atoms with Crippen molar-refractivity contribution in [1.82, 2.24) is 5.32 Å². The van der Waals surface area contributed by atoms with Crippen molar-refractivity contribution < 1.29 is 30.0 Å². The molecule has 0 aromatic rings. The number of amides is 1. The lowest BCUT2D eigenvalue weighted by atomic mass is 9.97. The van der Waals surface area contributed by atoms with Gasteiger partial charge in [0.25, 0.3) is 0 Å². The molecule has 5 atom stereocenters. The molecule has 1 unspecified atom stereocenters. The first-order chi connectivity index (χ1) is 7.51. The second-order valence-corrected chi connectivity index (χ2v) is 3.72. The lowest BCUT2D eigenvalue weighted by molar-refractivity contribution is -0.253. The molecule has 7 nitrogen and oxygen atoms in total. The lowest BCUT2D eigenvalue weighted by Crippen LogP contribution is -2.64. The van der Waals surface area contributed by atoms with Gasteiger partial charge in [0.15, 0.2) is 6.29 Å². The van der Waals surface area contributed by atoms with Crippen LogP contribution in [0.3, 0.4) is 0 Å². The van der Waals surface area contributed by atoms with Gasteiger partial charge in [-0.2, -0.15) is 0 Å². The van der Waals surface area contributed by atoms with Gasteiger partial charge in [0, 0.05) is 0 Å². The highest BCUT2D eigenvalue weighted by Crippen LogP contribution is 2.19. The van der Waals surface area contributed by atoms with Crippen molar-refractivity contribution in [1.29, 1.82) is 0 Å². The Morgan fingerprint density at radius 2 is 1.94 bits per heavy atom. The van der Waals surface area contributed by atoms with E-state index in [4.69, 9.17) is 21.4 Å². The largest absolute Gasteiger partial charge is 0.394 e. The maximum absolute atomic E-state index is 11.0. The van der Waals surface area contributed by atoms with Gasteiger partial charge in [0.05, 0.1) is 6.61 Å². The molecule has 1 aliphatic rings. The number of ether oxygens (including phenoxy) is 1. The summed E-state index contributed by atoms with van der Waals surface area (Å²) in [5.74, 6) is -0.946. The minimum Gasteiger partial charge on any atom is -0.394 e. The summed E-state index contributed by atoms with van der Waals surface area (Å²) in [6.45, 7) is -0.550. The molecule has 1 aliphatic heterocycles. The van der Waals surface area contributed by atoms with Gasteiger partial charge in [0.1, 0.15) is 30.2 Å². The van der Waals surface area contributed by atoms with Crippen LogP contribution in [-0.2, 0) is 9.53 Å². The summed E-state index contributed by atoms with van der Waals surface area (Å²) in [5, 5.41) is 39.5. The molecule has 1 amide bonds. The monoisotopic (exact) mass is 255 g/mol. The van der Waals surface area contributed by atoms with E-state index in [1.807, 2.05) is 0 Å². The van der Waals surface area contributed by atoms with Gasteiger partial charge in [0.2, 0.25) is 5.91 Å². The van der Waals surface area contributed by atoms with Gasteiger partial charge >= 0.3 is 0 Å². The number of rotatable bonds is 3. The summed E-state index contributed by atoms with van der Waals surface area (Å²) in [4.78, 5) is 11.0. The fourth-order valence-electron chi connectivity index (χ4n) is 1.48. The highest BCUT2D eigenvalue weighted by atomic mass is 35.5. The number of carbonyl (C=O) groups is 1. The second kappa shape index (κ2) is 5.76. The molecule has 94 valence electrons. The number of halogens is 1. The molecule has 0 aliphatic carbocycles. The fourth-order valence-corrected chi connectivity index (χ4v) is 1.55. The number of carbonyl (C=O) groups excluding carboxylic acids is 1. The number of aliphatic hydroxyl groups excluding tert-OH is 4. The molecule has 5 N–H and O–H groups in total. The van der Waals surface area contributed by atoms with Crippen LogP contribution in [0.5, 0.6) is 0 Å². The molecule has 1 fully saturated rings. The van der Waals surface area contributed by atoms with Crippen molar-refractivity contribution in [3.8, 4) is 0 Å². The molecule has 0 aromatic heterocycles. The first kappa shape index (κ1) is 13.6. The van der Waals surface area contributed by atoms with Crippen LogP contribution in [0.4, 0.5) is 0 Å². The third kappa shape index (κ3) is 2.82. The van der Waals surface area contributed by atoms with Crippen molar-refractivity contribution in [3.05, 3.63) is 0 Å². The molecule has 0 bridgehead atoms. The molecule has 1 saturated heterocycles. The number of aliphatic hydroxyl groups is 4. The Hall–Kier alpha value is -0.440. The molecule has 1 heterocycles. The second-order valence-electron chi connectivity index (χ2n) is 3.46. The molecule has 1 rings (SSSR count). The summed E-state index contributed by atoms with van der Waals surface area (Å²) >= 11 is 5.24. The molecule has 0 radical (unpaired) electrons. The van der Waals surface area contributed by atoms with Gasteiger partial charge < -0.3 is 30.5 Å². The normalized spacial score (nSPS) is 39.4. The Morgan fingerprint density at radius 1 is 1.31 bits per heavy atom. The molecule has 0 spiro atoms. The van der Waals surface area contributed by atoms with Gasteiger partial charge in [-0.25, -0.2) is 0 Å². The number of hydrogen-bond donors (Lipinski definition) is 5. The minimum atomic E-state index is -1.51. The predicted molar refractivity (Wildman–Crippen MR) is 52.6 cm³/mol. The van der Waals surface area contributed by atoms with Crippen molar-refractivity contribution in [2.75, 3.05) is 12.5 Å². The fraction of sp³-hybridized carbons (Fsp3) is 0.875. The van der Waals surface area contributed by atoms with Crippen LogP contribution in [0.2, 0.25) is 0 Å². The summed E-state index contributed by atoms with van der Waals surface area (Å²) in [7, 11) is 0. The van der Waals surface area contributed by atoms with Crippen LogP contribution in [0.1, 0.15) is 0 Å². The Morgan fingerprint density at radius 3 is 2.44 bits per heavy atom. The zero-order valence-electron chi connectivity index (χ0n) is 8.28. The van der Waals surface area contributed by atoms with Crippen LogP contribution < -0.4 is 5.32 Å². The van der Waals surface area contributed by atoms with Crippen molar-refractivity contribution in [3.63, 3.8) is 0 Å². The van der Waals surface area contributed by atoms with Gasteiger partial charge in [-0.15, -0.1) is 11.6 Å². The zero-order chi connectivity index (χ0) is 12.3. The highest BCUT2D eigenvalue weighted by Gasteiger charge is 2.44. The maximum atomic E-state index is 11.0. The average Bonchev–Trinajstić information content (AvgIpc) is 2.28. The lowest BCUT2D eigenvalue weighted by Gasteiger charge is -2.40. The van der Waals surface area contributed by atoms with Gasteiger partial charge in [-0.1, -0.05) is 0 Å². The first-order valence-electron chi connectivity index (χ1n) is 4.67. The van der Waals surface area contributed by atoms with E-state index in [0.29, 0.717) is 0 Å². The van der Waals surface area contributed by atoms with E-state index >= 15 is 0 Å². The number of nitrogens with one attached hydrogen (secondary N) is 1. The number of hydrogen-bond acceptors (Lipinski definition) is 6. The molecule has 0 aromatic carbocycles. The molecule has 8 heteroatoms. The van der Waals surface area contributed by atoms with Crippen LogP contribution in [0, 0.1) is 0 Å². The van der Waals surface area contributed by atoms with E-state index in [1.54, 1.807) is 0 Å². The van der Waals surface area contributed by atoms with E-state index in [0.717, 1.165) is 0 Å². The molecular weight excluding hydrogens is 242 g/mol. The van der Waals surface area contributed by atoms with E-state index in [9.17, 15) is 20.1 Å². The third-order valence-electron chi connectivity index (χ3n) is 2.35. The quantitative estimate of drug-likeness (QED) is 0.346.